The third-order valence-electron chi connectivity index (χ3n) is 3.80. The van der Waals surface area contributed by atoms with Gasteiger partial charge in [0.25, 0.3) is 5.91 Å². The van der Waals surface area contributed by atoms with Crippen molar-refractivity contribution in [3.05, 3.63) is 59.7 Å². The molecule has 0 bridgehead atoms. The van der Waals surface area contributed by atoms with E-state index in [0.29, 0.717) is 11.3 Å². The number of amides is 1. The lowest BCUT2D eigenvalue weighted by Crippen LogP contribution is -2.30. The number of hydrogen-bond acceptors (Lipinski definition) is 6. The summed E-state index contributed by atoms with van der Waals surface area (Å²) in [4.78, 5) is 24.4. The number of rotatable bonds is 6. The van der Waals surface area contributed by atoms with Crippen molar-refractivity contribution in [3.63, 3.8) is 0 Å². The van der Waals surface area contributed by atoms with Crippen LogP contribution in [0.25, 0.3) is 0 Å². The maximum Gasteiger partial charge on any atom is 0.338 e. The number of nitrogens with zero attached hydrogens (tertiary/aromatic N) is 2. The average molecular weight is 401 g/mol. The lowest BCUT2D eigenvalue weighted by atomic mass is 10.2. The molecule has 0 aromatic heterocycles. The molecular weight excluding hydrogens is 382 g/mol. The summed E-state index contributed by atoms with van der Waals surface area (Å²) in [6.45, 7) is 1.42. The minimum absolute atomic E-state index is 0.0423. The van der Waals surface area contributed by atoms with Crippen LogP contribution < -0.4 is 5.32 Å². The molecule has 0 radical (unpaired) electrons. The van der Waals surface area contributed by atoms with Gasteiger partial charge in [-0.1, -0.05) is 0 Å². The van der Waals surface area contributed by atoms with Crippen LogP contribution in [0.15, 0.2) is 53.4 Å². The Kier molecular flexibility index (Phi) is 6.51. The van der Waals surface area contributed by atoms with Gasteiger partial charge in [0, 0.05) is 19.8 Å². The van der Waals surface area contributed by atoms with E-state index in [0.717, 1.165) is 4.31 Å². The maximum atomic E-state index is 12.2. The number of benzene rings is 2. The Bertz CT molecular complexity index is 1010. The first-order valence-corrected chi connectivity index (χ1v) is 9.63. The SMILES string of the molecule is C[C@@H](OC(=O)c1ccc(S(=O)(=O)N(C)C)cc1)C(=O)Nc1ccc(C#N)cc1. The zero-order valence-corrected chi connectivity index (χ0v) is 16.4. The highest BCUT2D eigenvalue weighted by Crippen LogP contribution is 2.15. The summed E-state index contributed by atoms with van der Waals surface area (Å²) in [5.74, 6) is -1.29. The maximum absolute atomic E-state index is 12.2. The van der Waals surface area contributed by atoms with Gasteiger partial charge in [-0.15, -0.1) is 0 Å². The number of sulfonamides is 1. The summed E-state index contributed by atoms with van der Waals surface area (Å²) in [7, 11) is -0.782. The largest absolute Gasteiger partial charge is 0.449 e. The highest BCUT2D eigenvalue weighted by Gasteiger charge is 2.21. The Balaban J connectivity index is 2.01. The molecule has 0 aliphatic carbocycles. The summed E-state index contributed by atoms with van der Waals surface area (Å²) in [6.07, 6.45) is -1.08. The van der Waals surface area contributed by atoms with Gasteiger partial charge >= 0.3 is 5.97 Å². The van der Waals surface area contributed by atoms with Gasteiger partial charge in [0.15, 0.2) is 6.10 Å². The molecule has 9 heteroatoms. The van der Waals surface area contributed by atoms with Gasteiger partial charge in [0.05, 0.1) is 22.1 Å². The molecule has 1 amide bonds. The average Bonchev–Trinajstić information content (AvgIpc) is 2.68. The quantitative estimate of drug-likeness (QED) is 0.740. The Morgan fingerprint density at radius 2 is 1.64 bits per heavy atom. The molecular formula is C19H19N3O5S. The summed E-state index contributed by atoms with van der Waals surface area (Å²) in [5.41, 5.74) is 1.04. The molecule has 0 unspecified atom stereocenters. The lowest BCUT2D eigenvalue weighted by molar-refractivity contribution is -0.123. The normalized spacial score (nSPS) is 12.1. The Hall–Kier alpha value is -3.22. The molecule has 146 valence electrons. The molecule has 2 aromatic carbocycles. The number of nitriles is 1. The van der Waals surface area contributed by atoms with Crippen LogP contribution in [0.3, 0.4) is 0 Å². The molecule has 8 nitrogen and oxygen atoms in total. The minimum atomic E-state index is -3.60. The van der Waals surface area contributed by atoms with Crippen molar-refractivity contribution in [2.45, 2.75) is 17.9 Å². The topological polar surface area (TPSA) is 117 Å². The number of ether oxygens (including phenoxy) is 1. The third-order valence-corrected chi connectivity index (χ3v) is 5.63. The van der Waals surface area contributed by atoms with E-state index in [9.17, 15) is 18.0 Å². The summed E-state index contributed by atoms with van der Waals surface area (Å²) >= 11 is 0. The molecule has 0 aliphatic rings. The van der Waals surface area contributed by atoms with Crippen molar-refractivity contribution in [2.75, 3.05) is 19.4 Å². The molecule has 0 saturated heterocycles. The zero-order chi connectivity index (χ0) is 20.9. The molecule has 2 rings (SSSR count). The highest BCUT2D eigenvalue weighted by molar-refractivity contribution is 7.89. The summed E-state index contributed by atoms with van der Waals surface area (Å²) in [5, 5.41) is 11.3. The van der Waals surface area contributed by atoms with Crippen molar-refractivity contribution in [3.8, 4) is 6.07 Å². The van der Waals surface area contributed by atoms with Crippen LogP contribution in [0.2, 0.25) is 0 Å². The Morgan fingerprint density at radius 1 is 1.07 bits per heavy atom. The monoisotopic (exact) mass is 401 g/mol. The van der Waals surface area contributed by atoms with Gasteiger partial charge < -0.3 is 10.1 Å². The zero-order valence-electron chi connectivity index (χ0n) is 15.5. The fourth-order valence-corrected chi connectivity index (χ4v) is 3.03. The fourth-order valence-electron chi connectivity index (χ4n) is 2.13. The molecule has 0 aliphatic heterocycles. The van der Waals surface area contributed by atoms with Crippen molar-refractivity contribution in [1.29, 1.82) is 5.26 Å². The van der Waals surface area contributed by atoms with E-state index < -0.39 is 28.0 Å². The van der Waals surface area contributed by atoms with E-state index in [-0.39, 0.29) is 10.5 Å². The molecule has 0 fully saturated rings. The number of carbonyl (C=O) groups excluding carboxylic acids is 2. The first-order valence-electron chi connectivity index (χ1n) is 8.19. The number of anilines is 1. The van der Waals surface area contributed by atoms with Gasteiger partial charge in [0.1, 0.15) is 0 Å². The summed E-state index contributed by atoms with van der Waals surface area (Å²) < 4.78 is 30.3. The van der Waals surface area contributed by atoms with Gasteiger partial charge in [-0.25, -0.2) is 17.5 Å². The number of hydrogen-bond donors (Lipinski definition) is 1. The first-order chi connectivity index (χ1) is 13.1. The molecule has 28 heavy (non-hydrogen) atoms. The Labute approximate surface area is 163 Å². The first kappa shape index (κ1) is 21.1. The third kappa shape index (κ3) is 4.94. The van der Waals surface area contributed by atoms with Gasteiger partial charge in [-0.05, 0) is 55.5 Å². The van der Waals surface area contributed by atoms with Crippen molar-refractivity contribution >= 4 is 27.6 Å². The molecule has 2 aromatic rings. The second-order valence-electron chi connectivity index (χ2n) is 6.04. The van der Waals surface area contributed by atoms with E-state index >= 15 is 0 Å². The number of nitrogens with one attached hydrogen (secondary N) is 1. The lowest BCUT2D eigenvalue weighted by Gasteiger charge is -2.14. The van der Waals surface area contributed by atoms with Crippen LogP contribution in [-0.4, -0.2) is 44.8 Å². The molecule has 0 spiro atoms. The molecule has 1 atom stereocenters. The molecule has 0 heterocycles. The van der Waals surface area contributed by atoms with Crippen LogP contribution in [0.5, 0.6) is 0 Å². The Morgan fingerprint density at radius 3 is 2.14 bits per heavy atom. The minimum Gasteiger partial charge on any atom is -0.449 e. The van der Waals surface area contributed by atoms with Crippen molar-refractivity contribution in [1.82, 2.24) is 4.31 Å². The van der Waals surface area contributed by atoms with Crippen molar-refractivity contribution in [2.24, 2.45) is 0 Å². The predicted octanol–water partition coefficient (Wildman–Crippen LogP) is 1.99. The van der Waals surface area contributed by atoms with E-state index in [2.05, 4.69) is 5.32 Å². The van der Waals surface area contributed by atoms with Crippen LogP contribution in [0.1, 0.15) is 22.8 Å². The number of carbonyl (C=O) groups is 2. The fraction of sp³-hybridized carbons (Fsp3) is 0.211. The molecule has 0 saturated carbocycles. The predicted molar refractivity (Wildman–Crippen MR) is 102 cm³/mol. The smallest absolute Gasteiger partial charge is 0.338 e. The van der Waals surface area contributed by atoms with Crippen LogP contribution in [-0.2, 0) is 19.6 Å². The van der Waals surface area contributed by atoms with E-state index in [1.165, 1.54) is 45.3 Å². The van der Waals surface area contributed by atoms with Crippen LogP contribution >= 0.6 is 0 Å². The van der Waals surface area contributed by atoms with Gasteiger partial charge in [-0.3, -0.25) is 4.79 Å². The molecule has 1 N–H and O–H groups in total. The standard InChI is InChI=1S/C19H19N3O5S/c1-13(18(23)21-16-8-4-14(12-20)5-9-16)27-19(24)15-6-10-17(11-7-15)28(25,26)22(2)3/h4-11,13H,1-3H3,(H,21,23)/t13-/m1/s1. The van der Waals surface area contributed by atoms with Crippen LogP contribution in [0.4, 0.5) is 5.69 Å². The van der Waals surface area contributed by atoms with E-state index in [1.807, 2.05) is 6.07 Å². The number of esters is 1. The second-order valence-corrected chi connectivity index (χ2v) is 8.19. The van der Waals surface area contributed by atoms with Gasteiger partial charge in [-0.2, -0.15) is 5.26 Å². The second kappa shape index (κ2) is 8.65. The van der Waals surface area contributed by atoms with E-state index in [1.54, 1.807) is 24.3 Å². The van der Waals surface area contributed by atoms with Gasteiger partial charge in [0.2, 0.25) is 10.0 Å². The van der Waals surface area contributed by atoms with Crippen molar-refractivity contribution < 1.29 is 22.7 Å². The highest BCUT2D eigenvalue weighted by atomic mass is 32.2. The van der Waals surface area contributed by atoms with E-state index in [4.69, 9.17) is 10.00 Å². The summed E-state index contributed by atoms with van der Waals surface area (Å²) in [6, 6.07) is 13.4. The van der Waals surface area contributed by atoms with Crippen LogP contribution in [0, 0.1) is 11.3 Å².